The fourth-order valence-corrected chi connectivity index (χ4v) is 3.00. The Balaban J connectivity index is 1.97. The van der Waals surface area contributed by atoms with Crippen LogP contribution in [0.15, 0.2) is 16.5 Å². The van der Waals surface area contributed by atoms with Gasteiger partial charge in [-0.1, -0.05) is 0 Å². The lowest BCUT2D eigenvalue weighted by Crippen LogP contribution is -2.43. The molecular formula is C15H24N2O3S. The van der Waals surface area contributed by atoms with Crippen molar-refractivity contribution in [2.24, 2.45) is 0 Å². The van der Waals surface area contributed by atoms with Gasteiger partial charge in [-0.05, 0) is 32.2 Å². The summed E-state index contributed by atoms with van der Waals surface area (Å²) in [6, 6.07) is 4.03. The minimum absolute atomic E-state index is 0.000926. The second kappa shape index (κ2) is 7.33. The van der Waals surface area contributed by atoms with Crippen molar-refractivity contribution in [2.75, 3.05) is 26.5 Å². The number of furan rings is 1. The first-order valence-electron chi connectivity index (χ1n) is 7.20. The van der Waals surface area contributed by atoms with Crippen molar-refractivity contribution in [3.05, 3.63) is 23.7 Å². The van der Waals surface area contributed by atoms with Crippen LogP contribution in [0, 0.1) is 0 Å². The van der Waals surface area contributed by atoms with Crippen molar-refractivity contribution in [3.63, 3.8) is 0 Å². The molecule has 1 saturated heterocycles. The topological polar surface area (TPSA) is 54.7 Å². The molecule has 2 atom stereocenters. The van der Waals surface area contributed by atoms with Gasteiger partial charge in [0.05, 0.1) is 17.9 Å². The summed E-state index contributed by atoms with van der Waals surface area (Å²) in [7, 11) is 1.69. The number of rotatable bonds is 6. The van der Waals surface area contributed by atoms with Crippen LogP contribution in [0.4, 0.5) is 0 Å². The SMILES string of the molecule is CO[C@@H]1CN(C(C)C)C[C@H]1NC(=O)c1ccc(CSC)o1. The molecule has 1 aromatic rings. The third-order valence-electron chi connectivity index (χ3n) is 3.82. The molecule has 5 nitrogen and oxygen atoms in total. The molecule has 0 aliphatic carbocycles. The zero-order valence-corrected chi connectivity index (χ0v) is 13.9. The van der Waals surface area contributed by atoms with Gasteiger partial charge in [0.1, 0.15) is 5.76 Å². The van der Waals surface area contributed by atoms with Crippen LogP contribution in [0.5, 0.6) is 0 Å². The Hall–Kier alpha value is -0.980. The van der Waals surface area contributed by atoms with E-state index in [9.17, 15) is 4.79 Å². The van der Waals surface area contributed by atoms with Crippen molar-refractivity contribution in [2.45, 2.75) is 37.8 Å². The van der Waals surface area contributed by atoms with E-state index in [1.54, 1.807) is 24.9 Å². The lowest BCUT2D eigenvalue weighted by molar-refractivity contribution is 0.0736. The first kappa shape index (κ1) is 16.4. The number of thioether (sulfide) groups is 1. The van der Waals surface area contributed by atoms with Crippen LogP contribution in [-0.4, -0.2) is 55.4 Å². The van der Waals surface area contributed by atoms with E-state index in [-0.39, 0.29) is 18.1 Å². The highest BCUT2D eigenvalue weighted by Gasteiger charge is 2.35. The Morgan fingerprint density at radius 1 is 1.52 bits per heavy atom. The smallest absolute Gasteiger partial charge is 0.287 e. The molecular weight excluding hydrogens is 288 g/mol. The molecule has 0 saturated carbocycles. The van der Waals surface area contributed by atoms with Crippen molar-refractivity contribution in [3.8, 4) is 0 Å². The molecule has 118 valence electrons. The van der Waals surface area contributed by atoms with Gasteiger partial charge in [0.2, 0.25) is 0 Å². The second-order valence-electron chi connectivity index (χ2n) is 5.60. The molecule has 1 fully saturated rings. The summed E-state index contributed by atoms with van der Waals surface area (Å²) >= 11 is 1.67. The predicted molar refractivity (Wildman–Crippen MR) is 84.7 cm³/mol. The fourth-order valence-electron chi connectivity index (χ4n) is 2.56. The van der Waals surface area contributed by atoms with Crippen molar-refractivity contribution >= 4 is 17.7 Å². The average molecular weight is 312 g/mol. The Bertz CT molecular complexity index is 475. The van der Waals surface area contributed by atoms with Crippen LogP contribution < -0.4 is 5.32 Å². The molecule has 1 amide bonds. The predicted octanol–water partition coefficient (Wildman–Crippen LogP) is 1.98. The van der Waals surface area contributed by atoms with E-state index >= 15 is 0 Å². The monoisotopic (exact) mass is 312 g/mol. The van der Waals surface area contributed by atoms with E-state index in [0.717, 1.165) is 24.6 Å². The molecule has 21 heavy (non-hydrogen) atoms. The highest BCUT2D eigenvalue weighted by atomic mass is 32.2. The van der Waals surface area contributed by atoms with Gasteiger partial charge in [0.15, 0.2) is 5.76 Å². The molecule has 6 heteroatoms. The third kappa shape index (κ3) is 4.02. The van der Waals surface area contributed by atoms with Crippen LogP contribution in [0.1, 0.15) is 30.2 Å². The van der Waals surface area contributed by atoms with E-state index < -0.39 is 0 Å². The van der Waals surface area contributed by atoms with Crippen molar-refractivity contribution < 1.29 is 13.9 Å². The number of methoxy groups -OCH3 is 1. The number of ether oxygens (including phenoxy) is 1. The fraction of sp³-hybridized carbons (Fsp3) is 0.667. The van der Waals surface area contributed by atoms with Gasteiger partial charge in [-0.15, -0.1) is 0 Å². The third-order valence-corrected chi connectivity index (χ3v) is 4.39. The van der Waals surface area contributed by atoms with Gasteiger partial charge < -0.3 is 14.5 Å². The zero-order valence-electron chi connectivity index (χ0n) is 13.1. The van der Waals surface area contributed by atoms with Gasteiger partial charge in [-0.3, -0.25) is 9.69 Å². The molecule has 2 rings (SSSR count). The summed E-state index contributed by atoms with van der Waals surface area (Å²) in [5, 5.41) is 3.03. The van der Waals surface area contributed by atoms with Gasteiger partial charge in [0, 0.05) is 26.2 Å². The number of carbonyl (C=O) groups excluding carboxylic acids is 1. The van der Waals surface area contributed by atoms with Crippen LogP contribution in [0.3, 0.4) is 0 Å². The summed E-state index contributed by atoms with van der Waals surface area (Å²) < 4.78 is 11.0. The van der Waals surface area contributed by atoms with Crippen LogP contribution in [-0.2, 0) is 10.5 Å². The van der Waals surface area contributed by atoms with E-state index in [2.05, 4.69) is 24.1 Å². The lowest BCUT2D eigenvalue weighted by Gasteiger charge is -2.19. The first-order chi connectivity index (χ1) is 10.0. The maximum atomic E-state index is 12.3. The molecule has 0 spiro atoms. The molecule has 0 unspecified atom stereocenters. The molecule has 1 aromatic heterocycles. The van der Waals surface area contributed by atoms with Crippen molar-refractivity contribution in [1.29, 1.82) is 0 Å². The maximum Gasteiger partial charge on any atom is 0.287 e. The number of hydrogen-bond donors (Lipinski definition) is 1. The van der Waals surface area contributed by atoms with Gasteiger partial charge in [0.25, 0.3) is 5.91 Å². The summed E-state index contributed by atoms with van der Waals surface area (Å²) in [6.45, 7) is 5.95. The first-order valence-corrected chi connectivity index (χ1v) is 8.60. The van der Waals surface area contributed by atoms with E-state index in [4.69, 9.17) is 9.15 Å². The minimum Gasteiger partial charge on any atom is -0.455 e. The number of nitrogens with one attached hydrogen (secondary N) is 1. The Kier molecular flexibility index (Phi) is 5.72. The molecule has 1 N–H and O–H groups in total. The largest absolute Gasteiger partial charge is 0.455 e. The number of amides is 1. The van der Waals surface area contributed by atoms with Crippen molar-refractivity contribution in [1.82, 2.24) is 10.2 Å². The quantitative estimate of drug-likeness (QED) is 0.870. The zero-order chi connectivity index (χ0) is 15.4. The Morgan fingerprint density at radius 2 is 2.29 bits per heavy atom. The molecule has 1 aliphatic heterocycles. The highest BCUT2D eigenvalue weighted by molar-refractivity contribution is 7.97. The number of carbonyl (C=O) groups is 1. The van der Waals surface area contributed by atoms with Crippen LogP contribution >= 0.6 is 11.8 Å². The van der Waals surface area contributed by atoms with Gasteiger partial charge in [-0.2, -0.15) is 11.8 Å². The average Bonchev–Trinajstić information content (AvgIpc) is 3.06. The number of likely N-dealkylation sites (tertiary alicyclic amines) is 1. The highest BCUT2D eigenvalue weighted by Crippen LogP contribution is 2.18. The Labute approximate surface area is 130 Å². The van der Waals surface area contributed by atoms with Crippen LogP contribution in [0.2, 0.25) is 0 Å². The minimum atomic E-state index is -0.167. The normalized spacial score (nSPS) is 22.9. The van der Waals surface area contributed by atoms with E-state index in [0.29, 0.717) is 11.8 Å². The number of hydrogen-bond acceptors (Lipinski definition) is 5. The van der Waals surface area contributed by atoms with E-state index in [1.165, 1.54) is 0 Å². The number of nitrogens with zero attached hydrogens (tertiary/aromatic N) is 1. The molecule has 0 bridgehead atoms. The lowest BCUT2D eigenvalue weighted by atomic mass is 10.2. The van der Waals surface area contributed by atoms with Gasteiger partial charge >= 0.3 is 0 Å². The summed E-state index contributed by atoms with van der Waals surface area (Å²) in [5.41, 5.74) is 0. The van der Waals surface area contributed by atoms with E-state index in [1.807, 2.05) is 12.3 Å². The summed E-state index contributed by atoms with van der Waals surface area (Å²) in [5.74, 6) is 1.81. The van der Waals surface area contributed by atoms with Crippen LogP contribution in [0.25, 0.3) is 0 Å². The summed E-state index contributed by atoms with van der Waals surface area (Å²) in [6.07, 6.45) is 2.03. The Morgan fingerprint density at radius 3 is 2.90 bits per heavy atom. The molecule has 2 heterocycles. The molecule has 1 aliphatic rings. The second-order valence-corrected chi connectivity index (χ2v) is 6.47. The molecule has 0 aromatic carbocycles. The standard InChI is InChI=1S/C15H24N2O3S/c1-10(2)17-7-12(14(8-17)19-3)16-15(18)13-6-5-11(20-13)9-21-4/h5-6,10,12,14H,7-9H2,1-4H3,(H,16,18)/t12-,14-/m1/s1. The molecule has 0 radical (unpaired) electrons. The van der Waals surface area contributed by atoms with Gasteiger partial charge in [-0.25, -0.2) is 0 Å². The maximum absolute atomic E-state index is 12.3. The summed E-state index contributed by atoms with van der Waals surface area (Å²) in [4.78, 5) is 14.6.